The Labute approximate surface area is 89.1 Å². The Balaban J connectivity index is 2.54. The Morgan fingerprint density at radius 3 is 2.53 bits per heavy atom. The van der Waals surface area contributed by atoms with Crippen LogP contribution in [0.2, 0.25) is 0 Å². The highest BCUT2D eigenvalue weighted by Gasteiger charge is 2.04. The third-order valence-electron chi connectivity index (χ3n) is 2.14. The molecule has 1 rings (SSSR count). The van der Waals surface area contributed by atoms with E-state index in [0.29, 0.717) is 24.8 Å². The summed E-state index contributed by atoms with van der Waals surface area (Å²) in [6, 6.07) is 6.99. The number of unbranched alkanes of at least 4 members (excludes halogenated alkanes) is 1. The van der Waals surface area contributed by atoms with Crippen molar-refractivity contribution in [3.63, 3.8) is 0 Å². The summed E-state index contributed by atoms with van der Waals surface area (Å²) in [5.41, 5.74) is 0.668. The zero-order valence-electron chi connectivity index (χ0n) is 8.73. The fraction of sp³-hybridized carbons (Fsp3) is 0.333. The van der Waals surface area contributed by atoms with Gasteiger partial charge in [-0.1, -0.05) is 0 Å². The molecular weight excluding hydrogens is 192 g/mol. The number of hydrogen-bond donors (Lipinski definition) is 0. The maximum atomic E-state index is 11.6. The number of ketones is 1. The van der Waals surface area contributed by atoms with Crippen molar-refractivity contribution in [2.45, 2.75) is 19.3 Å². The summed E-state index contributed by atoms with van der Waals surface area (Å²) in [4.78, 5) is 21.6. The van der Waals surface area contributed by atoms with Crippen LogP contribution in [0.5, 0.6) is 5.75 Å². The Morgan fingerprint density at radius 2 is 2.00 bits per heavy atom. The summed E-state index contributed by atoms with van der Waals surface area (Å²) in [5.74, 6) is 0.805. The fourth-order valence-electron chi connectivity index (χ4n) is 1.27. The molecule has 0 unspecified atom stereocenters. The highest BCUT2D eigenvalue weighted by atomic mass is 16.5. The monoisotopic (exact) mass is 206 g/mol. The number of aldehydes is 1. The lowest BCUT2D eigenvalue weighted by molar-refractivity contribution is -0.107. The van der Waals surface area contributed by atoms with Crippen LogP contribution < -0.4 is 4.74 Å². The van der Waals surface area contributed by atoms with Crippen molar-refractivity contribution in [2.75, 3.05) is 7.11 Å². The summed E-state index contributed by atoms with van der Waals surface area (Å²) < 4.78 is 4.99. The molecule has 1 aromatic rings. The first-order chi connectivity index (χ1) is 7.27. The first kappa shape index (κ1) is 11.4. The summed E-state index contributed by atoms with van der Waals surface area (Å²) in [6.45, 7) is 0. The van der Waals surface area contributed by atoms with Gasteiger partial charge in [-0.15, -0.1) is 0 Å². The molecule has 1 aromatic carbocycles. The molecule has 3 heteroatoms. The average molecular weight is 206 g/mol. The smallest absolute Gasteiger partial charge is 0.162 e. The second-order valence-electron chi connectivity index (χ2n) is 3.21. The van der Waals surface area contributed by atoms with E-state index >= 15 is 0 Å². The predicted octanol–water partition coefficient (Wildman–Crippen LogP) is 2.25. The molecule has 0 aliphatic heterocycles. The van der Waals surface area contributed by atoms with Gasteiger partial charge in [0.25, 0.3) is 0 Å². The molecule has 0 N–H and O–H groups in total. The fourth-order valence-corrected chi connectivity index (χ4v) is 1.27. The third kappa shape index (κ3) is 3.54. The maximum Gasteiger partial charge on any atom is 0.162 e. The molecule has 0 heterocycles. The molecule has 0 aromatic heterocycles. The van der Waals surface area contributed by atoms with Crippen LogP contribution in [-0.2, 0) is 4.79 Å². The maximum absolute atomic E-state index is 11.6. The molecule has 15 heavy (non-hydrogen) atoms. The van der Waals surface area contributed by atoms with Crippen LogP contribution in [-0.4, -0.2) is 19.2 Å². The summed E-state index contributed by atoms with van der Waals surface area (Å²) in [7, 11) is 1.58. The summed E-state index contributed by atoms with van der Waals surface area (Å²) in [6.07, 6.45) is 2.32. The SMILES string of the molecule is COc1ccc(C(=O)CCCC=O)cc1. The van der Waals surface area contributed by atoms with Crippen molar-refractivity contribution in [3.8, 4) is 5.75 Å². The highest BCUT2D eigenvalue weighted by Crippen LogP contribution is 2.13. The molecular formula is C12H14O3. The number of rotatable bonds is 6. The number of Topliss-reactive ketones (excluding diaryl/α,β-unsaturated/α-hetero) is 1. The zero-order valence-corrected chi connectivity index (χ0v) is 8.73. The molecule has 0 amide bonds. The first-order valence-electron chi connectivity index (χ1n) is 4.89. The minimum absolute atomic E-state index is 0.0690. The van der Waals surface area contributed by atoms with E-state index in [-0.39, 0.29) is 5.78 Å². The largest absolute Gasteiger partial charge is 0.497 e. The number of benzene rings is 1. The van der Waals surface area contributed by atoms with Crippen molar-refractivity contribution in [2.24, 2.45) is 0 Å². The lowest BCUT2D eigenvalue weighted by atomic mass is 10.1. The molecule has 0 aliphatic carbocycles. The zero-order chi connectivity index (χ0) is 11.1. The van der Waals surface area contributed by atoms with Crippen molar-refractivity contribution in [1.29, 1.82) is 0 Å². The Kier molecular flexibility index (Phi) is 4.54. The Bertz CT molecular complexity index is 327. The van der Waals surface area contributed by atoms with Crippen molar-refractivity contribution >= 4 is 12.1 Å². The Morgan fingerprint density at radius 1 is 1.33 bits per heavy atom. The molecule has 3 nitrogen and oxygen atoms in total. The van der Waals surface area contributed by atoms with Gasteiger partial charge in [-0.3, -0.25) is 4.79 Å². The van der Waals surface area contributed by atoms with Crippen LogP contribution in [0.3, 0.4) is 0 Å². The standard InChI is InChI=1S/C12H14O3/c1-15-11-7-5-10(6-8-11)12(14)4-2-3-9-13/h5-9H,2-4H2,1H3. The third-order valence-corrected chi connectivity index (χ3v) is 2.14. The van der Waals surface area contributed by atoms with Crippen LogP contribution in [0.25, 0.3) is 0 Å². The number of hydrogen-bond acceptors (Lipinski definition) is 3. The molecule has 0 atom stereocenters. The van der Waals surface area contributed by atoms with E-state index in [1.165, 1.54) is 0 Å². The van der Waals surface area contributed by atoms with E-state index in [2.05, 4.69) is 0 Å². The van der Waals surface area contributed by atoms with Crippen LogP contribution in [0.15, 0.2) is 24.3 Å². The second-order valence-corrected chi connectivity index (χ2v) is 3.21. The van der Waals surface area contributed by atoms with Gasteiger partial charge in [-0.25, -0.2) is 0 Å². The van der Waals surface area contributed by atoms with Crippen molar-refractivity contribution in [1.82, 2.24) is 0 Å². The van der Waals surface area contributed by atoms with Gasteiger partial charge in [0.1, 0.15) is 12.0 Å². The van der Waals surface area contributed by atoms with Gasteiger partial charge in [-0.2, -0.15) is 0 Å². The van der Waals surface area contributed by atoms with E-state index in [9.17, 15) is 9.59 Å². The molecule has 0 saturated heterocycles. The first-order valence-corrected chi connectivity index (χ1v) is 4.89. The minimum atomic E-state index is 0.0690. The highest BCUT2D eigenvalue weighted by molar-refractivity contribution is 5.96. The lowest BCUT2D eigenvalue weighted by Gasteiger charge is -2.01. The molecule has 0 aliphatic rings. The molecule has 0 bridgehead atoms. The Hall–Kier alpha value is -1.64. The summed E-state index contributed by atoms with van der Waals surface area (Å²) in [5, 5.41) is 0. The molecule has 0 radical (unpaired) electrons. The van der Waals surface area contributed by atoms with Crippen LogP contribution >= 0.6 is 0 Å². The lowest BCUT2D eigenvalue weighted by Crippen LogP contribution is -1.98. The molecule has 0 fully saturated rings. The van der Waals surface area contributed by atoms with Gasteiger partial charge >= 0.3 is 0 Å². The average Bonchev–Trinajstić information content (AvgIpc) is 2.29. The predicted molar refractivity (Wildman–Crippen MR) is 57.2 cm³/mol. The van der Waals surface area contributed by atoms with Gasteiger partial charge in [0, 0.05) is 18.4 Å². The quantitative estimate of drug-likeness (QED) is 0.407. The van der Waals surface area contributed by atoms with E-state index in [1.54, 1.807) is 31.4 Å². The van der Waals surface area contributed by atoms with E-state index in [1.807, 2.05) is 0 Å². The van der Waals surface area contributed by atoms with Gasteiger partial charge in [0.15, 0.2) is 5.78 Å². The number of ether oxygens (including phenoxy) is 1. The van der Waals surface area contributed by atoms with E-state index in [0.717, 1.165) is 12.0 Å². The number of carbonyl (C=O) groups is 2. The van der Waals surface area contributed by atoms with E-state index < -0.39 is 0 Å². The van der Waals surface area contributed by atoms with Gasteiger partial charge in [0.2, 0.25) is 0 Å². The number of carbonyl (C=O) groups excluding carboxylic acids is 2. The topological polar surface area (TPSA) is 43.4 Å². The second kappa shape index (κ2) is 5.96. The van der Waals surface area contributed by atoms with Crippen LogP contribution in [0.4, 0.5) is 0 Å². The number of methoxy groups -OCH3 is 1. The van der Waals surface area contributed by atoms with Crippen LogP contribution in [0.1, 0.15) is 29.6 Å². The van der Waals surface area contributed by atoms with E-state index in [4.69, 9.17) is 4.74 Å². The van der Waals surface area contributed by atoms with Crippen molar-refractivity contribution in [3.05, 3.63) is 29.8 Å². The van der Waals surface area contributed by atoms with Gasteiger partial charge < -0.3 is 9.53 Å². The van der Waals surface area contributed by atoms with Crippen LogP contribution in [0, 0.1) is 0 Å². The van der Waals surface area contributed by atoms with Gasteiger partial charge in [-0.05, 0) is 30.7 Å². The molecule has 80 valence electrons. The molecule has 0 saturated carbocycles. The normalized spacial score (nSPS) is 9.67. The molecule has 0 spiro atoms. The van der Waals surface area contributed by atoms with Crippen molar-refractivity contribution < 1.29 is 14.3 Å². The van der Waals surface area contributed by atoms with Gasteiger partial charge in [0.05, 0.1) is 7.11 Å². The summed E-state index contributed by atoms with van der Waals surface area (Å²) >= 11 is 0. The minimum Gasteiger partial charge on any atom is -0.497 e.